The molecule has 0 spiro atoms. The van der Waals surface area contributed by atoms with E-state index in [2.05, 4.69) is 4.99 Å². The fraction of sp³-hybridized carbons (Fsp3) is 0.400. The first-order valence-electron chi connectivity index (χ1n) is 11.7. The lowest BCUT2D eigenvalue weighted by molar-refractivity contribution is -0.0440. The quantitative estimate of drug-likeness (QED) is 0.418. The number of fused-ring (bicyclic) bond motifs is 1. The van der Waals surface area contributed by atoms with E-state index in [-0.39, 0.29) is 35.8 Å². The number of esters is 1. The molecule has 0 aliphatic carbocycles. The van der Waals surface area contributed by atoms with E-state index in [1.807, 2.05) is 18.4 Å². The number of rotatable bonds is 7. The van der Waals surface area contributed by atoms with E-state index in [1.165, 1.54) is 47.0 Å². The molecule has 0 bridgehead atoms. The second-order valence-corrected chi connectivity index (χ2v) is 11.7. The average Bonchev–Trinajstić information content (AvgIpc) is 3.22. The van der Waals surface area contributed by atoms with Crippen LogP contribution in [0.15, 0.2) is 52.4 Å². The molecule has 0 radical (unpaired) electrons. The zero-order chi connectivity index (χ0) is 26.7. The third kappa shape index (κ3) is 5.83. The Labute approximate surface area is 219 Å². The van der Waals surface area contributed by atoms with Crippen molar-refractivity contribution in [3.8, 4) is 0 Å². The molecule has 2 atom stereocenters. The third-order valence-electron chi connectivity index (χ3n) is 5.95. The van der Waals surface area contributed by atoms with E-state index in [0.29, 0.717) is 23.5 Å². The summed E-state index contributed by atoms with van der Waals surface area (Å²) in [5.74, 6) is -0.965. The van der Waals surface area contributed by atoms with Crippen LogP contribution < -0.4 is 4.80 Å². The summed E-state index contributed by atoms with van der Waals surface area (Å²) in [6, 6.07) is 10.9. The van der Waals surface area contributed by atoms with Crippen LogP contribution in [0.3, 0.4) is 0 Å². The lowest BCUT2D eigenvalue weighted by Gasteiger charge is -2.34. The predicted molar refractivity (Wildman–Crippen MR) is 138 cm³/mol. The van der Waals surface area contributed by atoms with Crippen LogP contribution in [0.2, 0.25) is 0 Å². The van der Waals surface area contributed by atoms with Crippen molar-refractivity contribution >= 4 is 43.5 Å². The molecule has 1 amide bonds. The Kier molecular flexibility index (Phi) is 8.24. The van der Waals surface area contributed by atoms with Crippen molar-refractivity contribution in [1.82, 2.24) is 8.87 Å². The number of nitrogens with zero attached hydrogens (tertiary/aromatic N) is 3. The summed E-state index contributed by atoms with van der Waals surface area (Å²) < 4.78 is 45.9. The van der Waals surface area contributed by atoms with Gasteiger partial charge in [-0.05, 0) is 56.3 Å². The number of carbonyl (C=O) groups is 2. The van der Waals surface area contributed by atoms with Gasteiger partial charge in [0, 0.05) is 32.3 Å². The summed E-state index contributed by atoms with van der Waals surface area (Å²) in [6.07, 6.45) is -0.402. The normalized spacial score (nSPS) is 19.3. The zero-order valence-electron chi connectivity index (χ0n) is 21.0. The van der Waals surface area contributed by atoms with Gasteiger partial charge >= 0.3 is 5.97 Å². The summed E-state index contributed by atoms with van der Waals surface area (Å²) in [6.45, 7) is 5.07. The molecule has 37 heavy (non-hydrogen) atoms. The minimum atomic E-state index is -3.72. The topological polar surface area (TPSA) is 117 Å². The maximum absolute atomic E-state index is 13.1. The number of amides is 1. The van der Waals surface area contributed by atoms with Crippen molar-refractivity contribution < 1.29 is 32.2 Å². The van der Waals surface area contributed by atoms with Gasteiger partial charge in [0.15, 0.2) is 4.80 Å². The molecular formula is C25H29N3O7S2. The number of hydrogen-bond donors (Lipinski definition) is 0. The number of morpholine rings is 1. The van der Waals surface area contributed by atoms with Gasteiger partial charge in [-0.3, -0.25) is 4.79 Å². The molecule has 12 heteroatoms. The van der Waals surface area contributed by atoms with E-state index in [0.717, 1.165) is 10.2 Å². The molecule has 1 fully saturated rings. The molecule has 1 saturated heterocycles. The van der Waals surface area contributed by atoms with Gasteiger partial charge in [0.25, 0.3) is 5.91 Å². The van der Waals surface area contributed by atoms with Gasteiger partial charge in [0.05, 0.1) is 46.6 Å². The third-order valence-corrected chi connectivity index (χ3v) is 8.83. The van der Waals surface area contributed by atoms with Crippen LogP contribution in [0.5, 0.6) is 0 Å². The van der Waals surface area contributed by atoms with E-state index in [4.69, 9.17) is 14.2 Å². The molecule has 2 heterocycles. The van der Waals surface area contributed by atoms with Gasteiger partial charge in [0.2, 0.25) is 10.0 Å². The summed E-state index contributed by atoms with van der Waals surface area (Å²) >= 11 is 1.26. The van der Waals surface area contributed by atoms with Crippen LogP contribution in [0, 0.1) is 0 Å². The van der Waals surface area contributed by atoms with Gasteiger partial charge < -0.3 is 18.8 Å². The summed E-state index contributed by atoms with van der Waals surface area (Å²) in [7, 11) is -0.819. The van der Waals surface area contributed by atoms with Crippen LogP contribution in [-0.4, -0.2) is 75.3 Å². The summed E-state index contributed by atoms with van der Waals surface area (Å²) in [5.41, 5.74) is 1.46. The predicted octanol–water partition coefficient (Wildman–Crippen LogP) is 2.67. The molecular weight excluding hydrogens is 518 g/mol. The molecule has 1 aliphatic rings. The number of carbonyl (C=O) groups excluding carboxylic acids is 2. The van der Waals surface area contributed by atoms with Crippen LogP contribution in [0.25, 0.3) is 10.2 Å². The molecule has 198 valence electrons. The van der Waals surface area contributed by atoms with E-state index in [9.17, 15) is 18.0 Å². The first-order chi connectivity index (χ1) is 17.6. The number of benzene rings is 2. The van der Waals surface area contributed by atoms with Crippen LogP contribution >= 0.6 is 11.3 Å². The molecule has 0 saturated carbocycles. The number of ether oxygens (including phenoxy) is 3. The van der Waals surface area contributed by atoms with E-state index < -0.39 is 21.9 Å². The summed E-state index contributed by atoms with van der Waals surface area (Å²) in [4.78, 5) is 29.8. The number of hydrogen-bond acceptors (Lipinski definition) is 8. The largest absolute Gasteiger partial charge is 0.465 e. The molecule has 2 unspecified atom stereocenters. The van der Waals surface area contributed by atoms with Crippen LogP contribution in [0.4, 0.5) is 0 Å². The monoisotopic (exact) mass is 547 g/mol. The van der Waals surface area contributed by atoms with Crippen molar-refractivity contribution in [2.75, 3.05) is 33.9 Å². The number of thiazole rings is 1. The van der Waals surface area contributed by atoms with Gasteiger partial charge in [-0.25, -0.2) is 13.2 Å². The van der Waals surface area contributed by atoms with Crippen LogP contribution in [-0.2, 0) is 30.8 Å². The summed E-state index contributed by atoms with van der Waals surface area (Å²) in [5, 5.41) is 0. The van der Waals surface area contributed by atoms with Crippen molar-refractivity contribution in [1.29, 1.82) is 0 Å². The highest BCUT2D eigenvalue weighted by Crippen LogP contribution is 2.23. The molecule has 1 aromatic heterocycles. The standard InChI is InChI=1S/C25H29N3O7S2/c1-16-14-27(15-17(2)35-16)37(31,32)20-8-5-18(6-9-20)23(29)26-25-28(11-12-33-3)21-10-7-19(24(30)34-4)13-22(21)36-25/h5-10,13,16-17H,11-12,14-15H2,1-4H3. The van der Waals surface area contributed by atoms with Gasteiger partial charge in [0.1, 0.15) is 0 Å². The van der Waals surface area contributed by atoms with Gasteiger partial charge in [-0.1, -0.05) is 11.3 Å². The highest BCUT2D eigenvalue weighted by molar-refractivity contribution is 7.89. The maximum Gasteiger partial charge on any atom is 0.337 e. The zero-order valence-corrected chi connectivity index (χ0v) is 22.7. The Hall–Kier alpha value is -2.90. The molecule has 3 aromatic rings. The van der Waals surface area contributed by atoms with E-state index in [1.54, 1.807) is 25.3 Å². The minimum absolute atomic E-state index is 0.109. The maximum atomic E-state index is 13.1. The van der Waals surface area contributed by atoms with E-state index >= 15 is 0 Å². The fourth-order valence-electron chi connectivity index (χ4n) is 4.20. The second-order valence-electron chi connectivity index (χ2n) is 8.72. The Bertz CT molecular complexity index is 1470. The molecule has 0 N–H and O–H groups in total. The van der Waals surface area contributed by atoms with Gasteiger partial charge in [-0.2, -0.15) is 9.30 Å². The first-order valence-corrected chi connectivity index (χ1v) is 13.9. The molecule has 2 aromatic carbocycles. The molecule has 4 rings (SSSR count). The average molecular weight is 548 g/mol. The van der Waals surface area contributed by atoms with Crippen molar-refractivity contribution in [3.63, 3.8) is 0 Å². The Balaban J connectivity index is 1.65. The lowest BCUT2D eigenvalue weighted by Crippen LogP contribution is -2.48. The Morgan fingerprint density at radius 1 is 1.05 bits per heavy atom. The number of aromatic nitrogens is 1. The number of sulfonamides is 1. The Morgan fingerprint density at radius 3 is 2.32 bits per heavy atom. The smallest absolute Gasteiger partial charge is 0.337 e. The molecule has 10 nitrogen and oxygen atoms in total. The van der Waals surface area contributed by atoms with Crippen molar-refractivity contribution in [2.45, 2.75) is 37.5 Å². The van der Waals surface area contributed by atoms with Crippen molar-refractivity contribution in [2.24, 2.45) is 4.99 Å². The highest BCUT2D eigenvalue weighted by atomic mass is 32.2. The highest BCUT2D eigenvalue weighted by Gasteiger charge is 2.32. The van der Waals surface area contributed by atoms with Crippen LogP contribution in [0.1, 0.15) is 34.6 Å². The lowest BCUT2D eigenvalue weighted by atomic mass is 10.2. The van der Waals surface area contributed by atoms with Crippen molar-refractivity contribution in [3.05, 3.63) is 58.4 Å². The Morgan fingerprint density at radius 2 is 1.70 bits per heavy atom. The number of methoxy groups -OCH3 is 2. The fourth-order valence-corrected chi connectivity index (χ4v) is 6.88. The minimum Gasteiger partial charge on any atom is -0.465 e. The second kappa shape index (κ2) is 11.2. The van der Waals surface area contributed by atoms with Gasteiger partial charge in [-0.15, -0.1) is 0 Å². The molecule has 1 aliphatic heterocycles. The first kappa shape index (κ1) is 27.1. The SMILES string of the molecule is COCCn1c(=NC(=O)c2ccc(S(=O)(=O)N3CC(C)OC(C)C3)cc2)sc2cc(C(=O)OC)ccc21.